The van der Waals surface area contributed by atoms with Crippen LogP contribution < -0.4 is 4.90 Å². The smallest absolute Gasteiger partial charge is 0.231 e. The molecule has 0 bridgehead atoms. The number of anilines is 1. The minimum Gasteiger partial charge on any atom is -0.309 e. The van der Waals surface area contributed by atoms with Crippen molar-refractivity contribution in [2.45, 2.75) is 6.54 Å². The Labute approximate surface area is 127 Å². The molecular formula is C15H16N4OS. The van der Waals surface area contributed by atoms with Gasteiger partial charge in [-0.05, 0) is 22.4 Å². The zero-order valence-electron chi connectivity index (χ0n) is 11.6. The van der Waals surface area contributed by atoms with E-state index in [1.54, 1.807) is 23.7 Å². The van der Waals surface area contributed by atoms with Gasteiger partial charge in [0.1, 0.15) is 6.33 Å². The van der Waals surface area contributed by atoms with E-state index in [0.29, 0.717) is 5.92 Å². The second-order valence-corrected chi connectivity index (χ2v) is 6.52. The summed E-state index contributed by atoms with van der Waals surface area (Å²) in [6.07, 6.45) is 4.93. The number of thiophene rings is 1. The van der Waals surface area contributed by atoms with E-state index in [0.717, 1.165) is 31.9 Å². The molecule has 5 nitrogen and oxygen atoms in total. The van der Waals surface area contributed by atoms with Gasteiger partial charge in [0.15, 0.2) is 0 Å². The number of rotatable bonds is 3. The molecule has 0 spiro atoms. The number of fused-ring (bicyclic) bond motifs is 1. The van der Waals surface area contributed by atoms with Crippen molar-refractivity contribution >= 4 is 22.9 Å². The van der Waals surface area contributed by atoms with Crippen molar-refractivity contribution in [3.8, 4) is 0 Å². The van der Waals surface area contributed by atoms with Crippen LogP contribution in [0, 0.1) is 11.8 Å². The van der Waals surface area contributed by atoms with Gasteiger partial charge in [-0.3, -0.25) is 9.69 Å². The lowest BCUT2D eigenvalue weighted by molar-refractivity contribution is -0.120. The number of nitrogens with zero attached hydrogens (tertiary/aromatic N) is 4. The lowest BCUT2D eigenvalue weighted by Gasteiger charge is -2.20. The average molecular weight is 300 g/mol. The third-order valence-corrected chi connectivity index (χ3v) is 5.09. The molecule has 108 valence electrons. The zero-order valence-corrected chi connectivity index (χ0v) is 12.4. The van der Waals surface area contributed by atoms with Gasteiger partial charge < -0.3 is 4.90 Å². The van der Waals surface area contributed by atoms with Crippen LogP contribution >= 0.6 is 11.3 Å². The molecule has 4 rings (SSSR count). The second kappa shape index (κ2) is 5.20. The Morgan fingerprint density at radius 1 is 1.24 bits per heavy atom. The number of likely N-dealkylation sites (tertiary alicyclic amines) is 1. The first-order valence-corrected chi connectivity index (χ1v) is 8.05. The van der Waals surface area contributed by atoms with E-state index in [1.165, 1.54) is 11.9 Å². The number of hydrogen-bond donors (Lipinski definition) is 0. The van der Waals surface area contributed by atoms with E-state index in [2.05, 4.69) is 31.7 Å². The summed E-state index contributed by atoms with van der Waals surface area (Å²) < 4.78 is 0. The fraction of sp³-hybridized carbons (Fsp3) is 0.400. The standard InChI is InChI=1S/C15H16N4OS/c20-15-14-8-18(5-11-1-2-21-9-11)6-12(14)7-19(15)13-3-16-10-17-4-13/h1-4,9-10,12,14H,5-8H2/t12-,14-/m1/s1. The van der Waals surface area contributed by atoms with Crippen LogP contribution in [-0.4, -0.2) is 40.4 Å². The van der Waals surface area contributed by atoms with Crippen molar-refractivity contribution in [1.82, 2.24) is 14.9 Å². The molecule has 2 aliphatic heterocycles. The quantitative estimate of drug-likeness (QED) is 0.864. The van der Waals surface area contributed by atoms with E-state index in [9.17, 15) is 4.79 Å². The highest BCUT2D eigenvalue weighted by molar-refractivity contribution is 7.07. The van der Waals surface area contributed by atoms with Gasteiger partial charge in [0, 0.05) is 32.1 Å². The van der Waals surface area contributed by atoms with Crippen LogP contribution in [0.2, 0.25) is 0 Å². The first kappa shape index (κ1) is 12.9. The number of hydrogen-bond acceptors (Lipinski definition) is 5. The summed E-state index contributed by atoms with van der Waals surface area (Å²) in [5.74, 6) is 0.780. The number of carbonyl (C=O) groups is 1. The highest BCUT2D eigenvalue weighted by Crippen LogP contribution is 2.35. The maximum atomic E-state index is 12.6. The number of amides is 1. The number of aromatic nitrogens is 2. The van der Waals surface area contributed by atoms with Crippen molar-refractivity contribution < 1.29 is 4.79 Å². The van der Waals surface area contributed by atoms with E-state index < -0.39 is 0 Å². The summed E-state index contributed by atoms with van der Waals surface area (Å²) in [5, 5.41) is 4.29. The predicted molar refractivity (Wildman–Crippen MR) is 81.0 cm³/mol. The van der Waals surface area contributed by atoms with Gasteiger partial charge in [-0.2, -0.15) is 11.3 Å². The van der Waals surface area contributed by atoms with Crippen LogP contribution in [0.4, 0.5) is 5.69 Å². The fourth-order valence-electron chi connectivity index (χ4n) is 3.38. The minimum atomic E-state index is 0.129. The molecule has 2 fully saturated rings. The van der Waals surface area contributed by atoms with Crippen LogP contribution in [0.3, 0.4) is 0 Å². The van der Waals surface area contributed by atoms with E-state index in [-0.39, 0.29) is 11.8 Å². The molecule has 4 heterocycles. The molecule has 0 saturated carbocycles. The maximum absolute atomic E-state index is 12.6. The molecule has 2 aliphatic rings. The molecule has 21 heavy (non-hydrogen) atoms. The summed E-state index contributed by atoms with van der Waals surface area (Å²) in [7, 11) is 0. The van der Waals surface area contributed by atoms with Gasteiger partial charge in [0.2, 0.25) is 5.91 Å². The SMILES string of the molecule is O=C1[C@@H]2CN(Cc3ccsc3)C[C@@H]2CN1c1cncnc1. The monoisotopic (exact) mass is 300 g/mol. The van der Waals surface area contributed by atoms with Crippen molar-refractivity contribution in [1.29, 1.82) is 0 Å². The van der Waals surface area contributed by atoms with Gasteiger partial charge in [-0.1, -0.05) is 0 Å². The fourth-order valence-corrected chi connectivity index (χ4v) is 4.04. The summed E-state index contributed by atoms with van der Waals surface area (Å²) >= 11 is 1.73. The van der Waals surface area contributed by atoms with Crippen LogP contribution in [0.5, 0.6) is 0 Å². The number of carbonyl (C=O) groups excluding carboxylic acids is 1. The molecule has 6 heteroatoms. The average Bonchev–Trinajstić information content (AvgIpc) is 3.20. The van der Waals surface area contributed by atoms with E-state index >= 15 is 0 Å². The Kier molecular flexibility index (Phi) is 3.20. The van der Waals surface area contributed by atoms with Crippen LogP contribution in [-0.2, 0) is 11.3 Å². The van der Waals surface area contributed by atoms with Gasteiger partial charge in [0.25, 0.3) is 0 Å². The molecule has 0 aliphatic carbocycles. The van der Waals surface area contributed by atoms with Crippen molar-refractivity contribution in [2.24, 2.45) is 11.8 Å². The first-order chi connectivity index (χ1) is 10.3. The lowest BCUT2D eigenvalue weighted by atomic mass is 10.0. The Bertz CT molecular complexity index is 630. The largest absolute Gasteiger partial charge is 0.309 e. The highest BCUT2D eigenvalue weighted by Gasteiger charge is 2.46. The molecule has 2 saturated heterocycles. The highest BCUT2D eigenvalue weighted by atomic mass is 32.1. The van der Waals surface area contributed by atoms with E-state index in [1.807, 2.05) is 4.90 Å². The third kappa shape index (κ3) is 2.34. The van der Waals surface area contributed by atoms with E-state index in [4.69, 9.17) is 0 Å². The summed E-state index contributed by atoms with van der Waals surface area (Å²) in [6.45, 7) is 3.61. The topological polar surface area (TPSA) is 49.3 Å². The van der Waals surface area contributed by atoms with Crippen molar-refractivity contribution in [2.75, 3.05) is 24.5 Å². The summed E-state index contributed by atoms with van der Waals surface area (Å²) in [5.41, 5.74) is 2.17. The maximum Gasteiger partial charge on any atom is 0.231 e. The van der Waals surface area contributed by atoms with Crippen molar-refractivity contribution in [3.05, 3.63) is 41.1 Å². The van der Waals surface area contributed by atoms with Gasteiger partial charge in [-0.15, -0.1) is 0 Å². The van der Waals surface area contributed by atoms with Crippen LogP contribution in [0.1, 0.15) is 5.56 Å². The molecule has 0 radical (unpaired) electrons. The Morgan fingerprint density at radius 3 is 2.81 bits per heavy atom. The Hall–Kier alpha value is -1.79. The Balaban J connectivity index is 1.45. The second-order valence-electron chi connectivity index (χ2n) is 5.74. The first-order valence-electron chi connectivity index (χ1n) is 7.11. The molecular weight excluding hydrogens is 284 g/mol. The van der Waals surface area contributed by atoms with Gasteiger partial charge in [-0.25, -0.2) is 9.97 Å². The molecule has 2 atom stereocenters. The third-order valence-electron chi connectivity index (χ3n) is 4.36. The molecule has 0 aromatic carbocycles. The van der Waals surface area contributed by atoms with Gasteiger partial charge in [0.05, 0.1) is 24.0 Å². The van der Waals surface area contributed by atoms with Crippen molar-refractivity contribution in [3.63, 3.8) is 0 Å². The summed E-state index contributed by atoms with van der Waals surface area (Å²) in [6, 6.07) is 2.16. The van der Waals surface area contributed by atoms with Gasteiger partial charge >= 0.3 is 0 Å². The molecule has 0 unspecified atom stereocenters. The van der Waals surface area contributed by atoms with Crippen LogP contribution in [0.25, 0.3) is 0 Å². The Morgan fingerprint density at radius 2 is 2.10 bits per heavy atom. The van der Waals surface area contributed by atoms with Crippen LogP contribution in [0.15, 0.2) is 35.5 Å². The molecule has 2 aromatic rings. The lowest BCUT2D eigenvalue weighted by Crippen LogP contribution is -2.32. The predicted octanol–water partition coefficient (Wildman–Crippen LogP) is 1.63. The molecule has 2 aromatic heterocycles. The minimum absolute atomic E-state index is 0.129. The molecule has 0 N–H and O–H groups in total. The molecule has 1 amide bonds. The summed E-state index contributed by atoms with van der Waals surface area (Å²) in [4.78, 5) is 24.8. The normalized spacial score (nSPS) is 25.5. The zero-order chi connectivity index (χ0) is 14.2.